The number of quaternary nitrogens is 1. The number of methoxy groups -OCH3 is 3. The molecule has 0 radical (unpaired) electrons. The van der Waals surface area contributed by atoms with Crippen LogP contribution in [0.5, 0.6) is 17.2 Å². The molecule has 1 heterocycles. The number of nitrogens with zero attached hydrogens (tertiary/aromatic N) is 1. The van der Waals surface area contributed by atoms with Crippen LogP contribution in [0, 0.1) is 0 Å². The fourth-order valence-corrected chi connectivity index (χ4v) is 2.77. The fraction of sp³-hybridized carbons (Fsp3) is 0.529. The van der Waals surface area contributed by atoms with Gasteiger partial charge >= 0.3 is 0 Å². The van der Waals surface area contributed by atoms with Crippen molar-refractivity contribution in [3.8, 4) is 17.2 Å². The van der Waals surface area contributed by atoms with Gasteiger partial charge in [0.25, 0.3) is 0 Å². The summed E-state index contributed by atoms with van der Waals surface area (Å²) in [5.41, 5.74) is 3.56. The van der Waals surface area contributed by atoms with E-state index in [-0.39, 0.29) is 0 Å². The normalized spacial score (nSPS) is 14.9. The SMILES string of the molecule is COc1cc(OC)c(OC)cc1/C=N\NC(=S)NCC[NH+]1CCOCC1. The lowest BCUT2D eigenvalue weighted by molar-refractivity contribution is -0.906. The van der Waals surface area contributed by atoms with Gasteiger partial charge in [0.05, 0.1) is 53.8 Å². The zero-order valence-corrected chi connectivity index (χ0v) is 16.3. The topological polar surface area (TPSA) is 77.8 Å². The van der Waals surface area contributed by atoms with Crippen LogP contribution in [0.3, 0.4) is 0 Å². The maximum absolute atomic E-state index is 5.36. The van der Waals surface area contributed by atoms with E-state index in [0.717, 1.165) is 45.0 Å². The first-order valence-electron chi connectivity index (χ1n) is 8.46. The van der Waals surface area contributed by atoms with E-state index in [9.17, 15) is 0 Å². The molecule has 0 bridgehead atoms. The van der Waals surface area contributed by atoms with E-state index in [1.807, 2.05) is 0 Å². The molecule has 144 valence electrons. The molecule has 0 saturated carbocycles. The summed E-state index contributed by atoms with van der Waals surface area (Å²) < 4.78 is 21.3. The summed E-state index contributed by atoms with van der Waals surface area (Å²) in [5.74, 6) is 1.82. The van der Waals surface area contributed by atoms with Crippen LogP contribution in [0.25, 0.3) is 0 Å². The van der Waals surface area contributed by atoms with Crippen molar-refractivity contribution in [2.45, 2.75) is 0 Å². The van der Waals surface area contributed by atoms with Gasteiger partial charge in [0.2, 0.25) is 0 Å². The van der Waals surface area contributed by atoms with Gasteiger partial charge in [-0.1, -0.05) is 0 Å². The van der Waals surface area contributed by atoms with Gasteiger partial charge in [0.1, 0.15) is 18.8 Å². The number of benzene rings is 1. The number of rotatable bonds is 8. The maximum Gasteiger partial charge on any atom is 0.187 e. The number of hydrogen-bond donors (Lipinski definition) is 3. The Morgan fingerprint density at radius 3 is 2.46 bits per heavy atom. The highest BCUT2D eigenvalue weighted by Gasteiger charge is 2.13. The lowest BCUT2D eigenvalue weighted by atomic mass is 10.2. The maximum atomic E-state index is 5.36. The van der Waals surface area contributed by atoms with Crippen molar-refractivity contribution in [3.63, 3.8) is 0 Å². The smallest absolute Gasteiger partial charge is 0.187 e. The first-order chi connectivity index (χ1) is 12.7. The van der Waals surface area contributed by atoms with Crippen molar-refractivity contribution in [2.24, 2.45) is 5.10 Å². The van der Waals surface area contributed by atoms with Crippen LogP contribution in [0.1, 0.15) is 5.56 Å². The molecule has 0 amide bonds. The van der Waals surface area contributed by atoms with Crippen molar-refractivity contribution in [2.75, 3.05) is 60.7 Å². The van der Waals surface area contributed by atoms with Gasteiger partial charge in [-0.2, -0.15) is 5.10 Å². The number of nitrogens with one attached hydrogen (secondary N) is 3. The molecule has 0 atom stereocenters. The molecule has 0 spiro atoms. The molecule has 1 fully saturated rings. The van der Waals surface area contributed by atoms with Crippen molar-refractivity contribution in [1.82, 2.24) is 10.7 Å². The number of ether oxygens (including phenoxy) is 4. The van der Waals surface area contributed by atoms with E-state index in [2.05, 4.69) is 15.8 Å². The van der Waals surface area contributed by atoms with Gasteiger partial charge in [0.15, 0.2) is 16.6 Å². The number of thiocarbonyl (C=S) groups is 1. The third kappa shape index (κ3) is 6.01. The molecule has 0 aliphatic carbocycles. The molecule has 26 heavy (non-hydrogen) atoms. The summed E-state index contributed by atoms with van der Waals surface area (Å²) >= 11 is 5.24. The zero-order valence-electron chi connectivity index (χ0n) is 15.5. The third-order valence-corrected chi connectivity index (χ3v) is 4.31. The molecule has 0 aromatic heterocycles. The van der Waals surface area contributed by atoms with E-state index >= 15 is 0 Å². The quantitative estimate of drug-likeness (QED) is 0.315. The molecule has 1 saturated heterocycles. The van der Waals surface area contributed by atoms with Gasteiger partial charge in [-0.15, -0.1) is 0 Å². The standard InChI is InChI=1S/C17H26N4O4S/c1-22-14-11-16(24-3)15(23-2)10-13(14)12-19-20-17(26)18-4-5-21-6-8-25-9-7-21/h10-12H,4-9H2,1-3H3,(H2,18,20,26)/p+1/b19-12-. The van der Waals surface area contributed by atoms with Crippen LogP contribution in [0.2, 0.25) is 0 Å². The summed E-state index contributed by atoms with van der Waals surface area (Å²) in [7, 11) is 4.75. The lowest BCUT2D eigenvalue weighted by Gasteiger charge is -2.23. The Labute approximate surface area is 159 Å². The highest BCUT2D eigenvalue weighted by atomic mass is 32.1. The van der Waals surface area contributed by atoms with E-state index in [0.29, 0.717) is 22.4 Å². The molecule has 8 nitrogen and oxygen atoms in total. The number of morpholine rings is 1. The average Bonchev–Trinajstić information content (AvgIpc) is 2.68. The monoisotopic (exact) mass is 383 g/mol. The average molecular weight is 383 g/mol. The number of hydrogen-bond acceptors (Lipinski definition) is 6. The highest BCUT2D eigenvalue weighted by Crippen LogP contribution is 2.33. The Bertz CT molecular complexity index is 621. The van der Waals surface area contributed by atoms with Crippen molar-refractivity contribution >= 4 is 23.5 Å². The van der Waals surface area contributed by atoms with Crippen LogP contribution in [-0.2, 0) is 4.74 Å². The highest BCUT2D eigenvalue weighted by molar-refractivity contribution is 7.80. The second kappa shape index (κ2) is 10.8. The minimum absolute atomic E-state index is 0.480. The van der Waals surface area contributed by atoms with Crippen molar-refractivity contribution < 1.29 is 23.8 Å². The molecular weight excluding hydrogens is 356 g/mol. The van der Waals surface area contributed by atoms with E-state index in [1.54, 1.807) is 39.7 Å². The van der Waals surface area contributed by atoms with E-state index in [1.165, 1.54) is 4.90 Å². The minimum Gasteiger partial charge on any atom is -0.496 e. The zero-order chi connectivity index (χ0) is 18.8. The molecular formula is C17H27N4O4S+. The van der Waals surface area contributed by atoms with Crippen LogP contribution >= 0.6 is 12.2 Å². The third-order valence-electron chi connectivity index (χ3n) is 4.07. The molecule has 0 unspecified atom stereocenters. The molecule has 1 aromatic carbocycles. The minimum atomic E-state index is 0.480. The summed E-state index contributed by atoms with van der Waals surface area (Å²) in [6, 6.07) is 3.54. The Morgan fingerprint density at radius 1 is 1.15 bits per heavy atom. The molecule has 2 rings (SSSR count). The second-order valence-corrected chi connectivity index (χ2v) is 6.10. The summed E-state index contributed by atoms with van der Waals surface area (Å²) in [5, 5.41) is 7.80. The second-order valence-electron chi connectivity index (χ2n) is 5.69. The first-order valence-corrected chi connectivity index (χ1v) is 8.87. The largest absolute Gasteiger partial charge is 0.496 e. The van der Waals surface area contributed by atoms with Gasteiger partial charge in [-0.25, -0.2) is 0 Å². The van der Waals surface area contributed by atoms with Crippen LogP contribution in [0.15, 0.2) is 17.2 Å². The van der Waals surface area contributed by atoms with Crippen LogP contribution < -0.4 is 29.9 Å². The predicted octanol–water partition coefficient (Wildman–Crippen LogP) is -0.574. The number of hydrazone groups is 1. The molecule has 1 aliphatic rings. The summed E-state index contributed by atoms with van der Waals surface area (Å²) in [4.78, 5) is 1.52. The van der Waals surface area contributed by atoms with Gasteiger partial charge in [0, 0.05) is 11.6 Å². The van der Waals surface area contributed by atoms with Gasteiger partial charge in [-0.3, -0.25) is 5.43 Å². The Hall–Kier alpha value is -2.10. The van der Waals surface area contributed by atoms with Crippen LogP contribution in [-0.4, -0.2) is 72.0 Å². The van der Waals surface area contributed by atoms with Crippen molar-refractivity contribution in [1.29, 1.82) is 0 Å². The molecule has 9 heteroatoms. The summed E-state index contributed by atoms with van der Waals surface area (Å²) in [6.45, 7) is 5.53. The van der Waals surface area contributed by atoms with Gasteiger partial charge < -0.3 is 29.2 Å². The Morgan fingerprint density at radius 2 is 1.81 bits per heavy atom. The molecule has 3 N–H and O–H groups in total. The Kier molecular flexibility index (Phi) is 8.39. The Balaban J connectivity index is 1.83. The van der Waals surface area contributed by atoms with Crippen LogP contribution in [0.4, 0.5) is 0 Å². The van der Waals surface area contributed by atoms with E-state index < -0.39 is 0 Å². The molecule has 1 aromatic rings. The van der Waals surface area contributed by atoms with Crippen molar-refractivity contribution in [3.05, 3.63) is 17.7 Å². The molecule has 1 aliphatic heterocycles. The van der Waals surface area contributed by atoms with Gasteiger partial charge in [-0.05, 0) is 18.3 Å². The van der Waals surface area contributed by atoms with E-state index in [4.69, 9.17) is 31.2 Å². The fourth-order valence-electron chi connectivity index (χ4n) is 2.62. The summed E-state index contributed by atoms with van der Waals surface area (Å²) in [6.07, 6.45) is 1.63. The predicted molar refractivity (Wildman–Crippen MR) is 104 cm³/mol. The first kappa shape index (κ1) is 20.2. The lowest BCUT2D eigenvalue weighted by Crippen LogP contribution is -3.14.